The lowest BCUT2D eigenvalue weighted by atomic mass is 10.0. The van der Waals surface area contributed by atoms with Crippen LogP contribution in [0.1, 0.15) is 45.2 Å². The predicted octanol–water partition coefficient (Wildman–Crippen LogP) is 4.09. The third-order valence-electron chi connectivity index (χ3n) is 5.60. The van der Waals surface area contributed by atoms with Gasteiger partial charge in [-0.1, -0.05) is 6.07 Å². The van der Waals surface area contributed by atoms with E-state index in [1.54, 1.807) is 4.90 Å². The molecule has 4 rings (SSSR count). The van der Waals surface area contributed by atoms with Gasteiger partial charge in [0, 0.05) is 17.0 Å². The molecule has 3 heterocycles. The van der Waals surface area contributed by atoms with Gasteiger partial charge in [-0.15, -0.1) is 0 Å². The van der Waals surface area contributed by atoms with Crippen molar-refractivity contribution in [3.05, 3.63) is 58.2 Å². The zero-order chi connectivity index (χ0) is 20.9. The smallest absolute Gasteiger partial charge is 0.290 e. The molecule has 1 aliphatic rings. The van der Waals surface area contributed by atoms with Crippen LogP contribution in [0.25, 0.3) is 11.0 Å². The summed E-state index contributed by atoms with van der Waals surface area (Å²) in [5, 5.41) is 0.937. The maximum Gasteiger partial charge on any atom is 0.290 e. The van der Waals surface area contributed by atoms with Crippen molar-refractivity contribution < 1.29 is 22.0 Å². The number of hydrogen-bond acceptors (Lipinski definition) is 5. The van der Waals surface area contributed by atoms with Crippen LogP contribution in [0.15, 0.2) is 33.1 Å². The van der Waals surface area contributed by atoms with E-state index in [9.17, 15) is 13.2 Å². The Bertz CT molecular complexity index is 1200. The number of fused-ring (bicyclic) bond motifs is 1. The minimum absolute atomic E-state index is 0.0319. The molecule has 29 heavy (non-hydrogen) atoms. The summed E-state index contributed by atoms with van der Waals surface area (Å²) < 4.78 is 35.8. The summed E-state index contributed by atoms with van der Waals surface area (Å²) in [7, 11) is -3.15. The molecule has 0 radical (unpaired) electrons. The maximum atomic E-state index is 13.5. The summed E-state index contributed by atoms with van der Waals surface area (Å²) in [5.41, 5.74) is 3.57. The van der Waals surface area contributed by atoms with Crippen molar-refractivity contribution in [1.29, 1.82) is 0 Å². The molecular weight excluding hydrogens is 390 g/mol. The van der Waals surface area contributed by atoms with Crippen molar-refractivity contribution in [3.63, 3.8) is 0 Å². The van der Waals surface area contributed by atoms with Gasteiger partial charge >= 0.3 is 0 Å². The minimum atomic E-state index is -3.15. The molecule has 1 amide bonds. The normalized spacial score (nSPS) is 18.4. The summed E-state index contributed by atoms with van der Waals surface area (Å²) >= 11 is 0. The molecule has 2 aromatic heterocycles. The van der Waals surface area contributed by atoms with E-state index in [-0.39, 0.29) is 29.7 Å². The van der Waals surface area contributed by atoms with E-state index in [1.807, 2.05) is 45.9 Å². The Morgan fingerprint density at radius 3 is 2.52 bits per heavy atom. The lowest BCUT2D eigenvalue weighted by molar-refractivity contribution is 0.0634. The Morgan fingerprint density at radius 2 is 1.90 bits per heavy atom. The van der Waals surface area contributed by atoms with Gasteiger partial charge < -0.3 is 13.7 Å². The zero-order valence-corrected chi connectivity index (χ0v) is 17.9. The summed E-state index contributed by atoms with van der Waals surface area (Å²) in [4.78, 5) is 15.1. The Morgan fingerprint density at radius 1 is 1.14 bits per heavy atom. The first kappa shape index (κ1) is 19.8. The highest BCUT2D eigenvalue weighted by Crippen LogP contribution is 2.32. The van der Waals surface area contributed by atoms with Gasteiger partial charge in [0.15, 0.2) is 15.6 Å². The monoisotopic (exact) mass is 415 g/mol. The number of nitrogens with zero attached hydrogens (tertiary/aromatic N) is 1. The van der Waals surface area contributed by atoms with Gasteiger partial charge in [-0.25, -0.2) is 8.42 Å². The molecule has 3 aromatic rings. The fourth-order valence-corrected chi connectivity index (χ4v) is 5.98. The average molecular weight is 416 g/mol. The van der Waals surface area contributed by atoms with E-state index in [4.69, 9.17) is 8.83 Å². The third-order valence-corrected chi connectivity index (χ3v) is 7.35. The van der Waals surface area contributed by atoms with E-state index in [1.165, 1.54) is 0 Å². The van der Waals surface area contributed by atoms with E-state index in [2.05, 4.69) is 6.07 Å². The van der Waals surface area contributed by atoms with Crippen molar-refractivity contribution in [3.8, 4) is 0 Å². The van der Waals surface area contributed by atoms with Crippen LogP contribution in [0.5, 0.6) is 0 Å². The van der Waals surface area contributed by atoms with Crippen molar-refractivity contribution in [1.82, 2.24) is 4.90 Å². The van der Waals surface area contributed by atoms with Crippen molar-refractivity contribution >= 4 is 26.7 Å². The van der Waals surface area contributed by atoms with Gasteiger partial charge in [0.25, 0.3) is 5.91 Å². The standard InChI is InChI=1S/C22H25NO5S/c1-13-9-14(2)20-16(4)21(28-19(20)10-13)22(24)23(11-18-6-5-15(3)27-18)17-7-8-29(25,26)12-17/h5-6,9-10,17H,7-8,11-12H2,1-4H3. The summed E-state index contributed by atoms with van der Waals surface area (Å²) in [6.45, 7) is 7.91. The number of furan rings is 2. The number of aryl methyl sites for hydroxylation is 4. The molecule has 1 unspecified atom stereocenters. The molecule has 7 heteroatoms. The molecule has 0 saturated carbocycles. The fourth-order valence-electron chi connectivity index (χ4n) is 4.25. The molecule has 6 nitrogen and oxygen atoms in total. The number of benzene rings is 1. The first-order valence-corrected chi connectivity index (χ1v) is 11.5. The number of amides is 1. The van der Waals surface area contributed by atoms with Crippen LogP contribution in [-0.2, 0) is 16.4 Å². The molecule has 1 saturated heterocycles. The average Bonchev–Trinajstić information content (AvgIpc) is 3.29. The highest BCUT2D eigenvalue weighted by molar-refractivity contribution is 7.91. The number of sulfone groups is 1. The maximum absolute atomic E-state index is 13.5. The van der Waals surface area contributed by atoms with Crippen molar-refractivity contribution in [2.45, 2.75) is 46.7 Å². The molecule has 1 aliphatic heterocycles. The van der Waals surface area contributed by atoms with Gasteiger partial charge in [-0.3, -0.25) is 4.79 Å². The zero-order valence-electron chi connectivity index (χ0n) is 17.1. The van der Waals surface area contributed by atoms with Gasteiger partial charge in [0.05, 0.1) is 18.1 Å². The van der Waals surface area contributed by atoms with Crippen LogP contribution >= 0.6 is 0 Å². The summed E-state index contributed by atoms with van der Waals surface area (Å²) in [5.74, 6) is 1.40. The quantitative estimate of drug-likeness (QED) is 0.641. The number of rotatable bonds is 4. The second-order valence-electron chi connectivity index (χ2n) is 8.01. The Balaban J connectivity index is 1.76. The van der Waals surface area contributed by atoms with Gasteiger partial charge in [0.2, 0.25) is 0 Å². The summed E-state index contributed by atoms with van der Waals surface area (Å²) in [6, 6.07) is 7.24. The Labute approximate surface area is 170 Å². The molecule has 0 aliphatic carbocycles. The minimum Gasteiger partial charge on any atom is -0.464 e. The Kier molecular flexibility index (Phi) is 4.81. The third kappa shape index (κ3) is 3.71. The number of hydrogen-bond donors (Lipinski definition) is 0. The fraction of sp³-hybridized carbons (Fsp3) is 0.409. The van der Waals surface area contributed by atoms with Crippen LogP contribution < -0.4 is 0 Å². The highest BCUT2D eigenvalue weighted by atomic mass is 32.2. The van der Waals surface area contributed by atoms with Crippen LogP contribution in [-0.4, -0.2) is 36.8 Å². The first-order chi connectivity index (χ1) is 13.6. The van der Waals surface area contributed by atoms with Crippen LogP contribution in [0.3, 0.4) is 0 Å². The molecule has 0 spiro atoms. The SMILES string of the molecule is Cc1cc(C)c2c(C)c(C(=O)N(Cc3ccc(C)o3)C3CCS(=O)(=O)C3)oc2c1. The van der Waals surface area contributed by atoms with E-state index in [0.29, 0.717) is 17.8 Å². The van der Waals surface area contributed by atoms with E-state index < -0.39 is 15.9 Å². The number of carbonyl (C=O) groups excluding carboxylic acids is 1. The molecule has 0 N–H and O–H groups in total. The molecule has 154 valence electrons. The van der Waals surface area contributed by atoms with Crippen LogP contribution in [0, 0.1) is 27.7 Å². The van der Waals surface area contributed by atoms with Crippen LogP contribution in [0.2, 0.25) is 0 Å². The van der Waals surface area contributed by atoms with Gasteiger partial charge in [-0.2, -0.15) is 0 Å². The van der Waals surface area contributed by atoms with E-state index >= 15 is 0 Å². The van der Waals surface area contributed by atoms with Gasteiger partial charge in [0.1, 0.15) is 17.1 Å². The van der Waals surface area contributed by atoms with Crippen molar-refractivity contribution in [2.24, 2.45) is 0 Å². The lowest BCUT2D eigenvalue weighted by Gasteiger charge is -2.26. The molecule has 1 aromatic carbocycles. The molecule has 0 bridgehead atoms. The lowest BCUT2D eigenvalue weighted by Crippen LogP contribution is -2.40. The molecular formula is C22H25NO5S. The molecule has 1 atom stereocenters. The van der Waals surface area contributed by atoms with Crippen LogP contribution in [0.4, 0.5) is 0 Å². The molecule has 1 fully saturated rings. The largest absolute Gasteiger partial charge is 0.464 e. The topological polar surface area (TPSA) is 80.7 Å². The summed E-state index contributed by atoms with van der Waals surface area (Å²) in [6.07, 6.45) is 0.422. The Hall–Kier alpha value is -2.54. The first-order valence-electron chi connectivity index (χ1n) is 9.71. The highest BCUT2D eigenvalue weighted by Gasteiger charge is 2.37. The number of carbonyl (C=O) groups is 1. The van der Waals surface area contributed by atoms with E-state index in [0.717, 1.165) is 27.8 Å². The second kappa shape index (κ2) is 7.06. The second-order valence-corrected chi connectivity index (χ2v) is 10.2. The van der Waals surface area contributed by atoms with Gasteiger partial charge in [-0.05, 0) is 63.4 Å². The van der Waals surface area contributed by atoms with Crippen molar-refractivity contribution in [2.75, 3.05) is 11.5 Å². The predicted molar refractivity (Wildman–Crippen MR) is 111 cm³/mol.